The molecule has 2 N–H and O–H groups in total. The van der Waals surface area contributed by atoms with Crippen LogP contribution in [-0.4, -0.2) is 40.6 Å². The number of nitrogens with zero attached hydrogens (tertiary/aromatic N) is 3. The summed E-state index contributed by atoms with van der Waals surface area (Å²) in [7, 11) is 1.80. The summed E-state index contributed by atoms with van der Waals surface area (Å²) in [6, 6.07) is 7.21. The second kappa shape index (κ2) is 11.0. The summed E-state index contributed by atoms with van der Waals surface area (Å²) < 4.78 is 54.7. The first-order valence-electron chi connectivity index (χ1n) is 10.5. The minimum absolute atomic E-state index is 0.0556. The van der Waals surface area contributed by atoms with E-state index in [1.54, 1.807) is 17.9 Å². The molecule has 0 fully saturated rings. The molecule has 34 heavy (non-hydrogen) atoms. The number of carbonyl (C=O) groups is 2. The van der Waals surface area contributed by atoms with E-state index in [1.807, 2.05) is 0 Å². The molecule has 180 valence electrons. The Morgan fingerprint density at radius 1 is 1.24 bits per heavy atom. The molecule has 1 unspecified atom stereocenters. The van der Waals surface area contributed by atoms with Crippen LogP contribution in [0.4, 0.5) is 23.2 Å². The van der Waals surface area contributed by atoms with Crippen molar-refractivity contribution in [2.24, 2.45) is 0 Å². The lowest BCUT2D eigenvalue weighted by atomic mass is 10.1. The minimum Gasteiger partial charge on any atom is -0.326 e. The highest BCUT2D eigenvalue weighted by molar-refractivity contribution is 5.92. The summed E-state index contributed by atoms with van der Waals surface area (Å²) in [6.45, 7) is 0.687. The van der Waals surface area contributed by atoms with Crippen molar-refractivity contribution in [3.05, 3.63) is 66.0 Å². The van der Waals surface area contributed by atoms with Gasteiger partial charge in [0.25, 0.3) is 0 Å². The highest BCUT2D eigenvalue weighted by Gasteiger charge is 2.32. The lowest BCUT2D eigenvalue weighted by Crippen LogP contribution is -2.17. The zero-order chi connectivity index (χ0) is 24.7. The standard InChI is InChI=1S/C23H23F4N5O2/c1-28-9-7-18(8-10-33)32-14-15(13-29-32)19-6-5-17(11-20(19)24)31-22(34)12-16-3-2-4-21(30-16)23(25,26)27/h2-6,10-11,13-14,18,28H,7-9,12H2,1H3,(H,31,34). The molecule has 0 bridgehead atoms. The van der Waals surface area contributed by atoms with Crippen molar-refractivity contribution in [1.29, 1.82) is 0 Å². The van der Waals surface area contributed by atoms with Crippen molar-refractivity contribution in [2.75, 3.05) is 18.9 Å². The van der Waals surface area contributed by atoms with Gasteiger partial charge in [0.2, 0.25) is 5.91 Å². The van der Waals surface area contributed by atoms with Crippen LogP contribution in [0.3, 0.4) is 0 Å². The van der Waals surface area contributed by atoms with Crippen LogP contribution in [0.15, 0.2) is 48.8 Å². The molecule has 3 aromatic rings. The van der Waals surface area contributed by atoms with Crippen molar-refractivity contribution in [3.63, 3.8) is 0 Å². The molecule has 0 spiro atoms. The molecule has 1 aromatic carbocycles. The number of amides is 1. The molecule has 0 aliphatic rings. The van der Waals surface area contributed by atoms with Gasteiger partial charge in [0.05, 0.1) is 24.4 Å². The molecule has 0 radical (unpaired) electrons. The monoisotopic (exact) mass is 477 g/mol. The SMILES string of the molecule is CNCCC(CC=O)n1cc(-c2ccc(NC(=O)Cc3cccc(C(F)(F)F)n3)cc2F)cn1. The first-order chi connectivity index (χ1) is 16.2. The largest absolute Gasteiger partial charge is 0.433 e. The third-order valence-electron chi connectivity index (χ3n) is 5.07. The maximum absolute atomic E-state index is 14.8. The van der Waals surface area contributed by atoms with E-state index in [1.165, 1.54) is 30.5 Å². The Kier molecular flexibility index (Phi) is 8.11. The zero-order valence-electron chi connectivity index (χ0n) is 18.3. The Hall–Kier alpha value is -3.60. The van der Waals surface area contributed by atoms with Crippen LogP contribution in [0.5, 0.6) is 0 Å². The quantitative estimate of drug-likeness (QED) is 0.340. The highest BCUT2D eigenvalue weighted by Crippen LogP contribution is 2.28. The number of hydrogen-bond acceptors (Lipinski definition) is 5. The number of rotatable bonds is 10. The van der Waals surface area contributed by atoms with E-state index in [0.717, 1.165) is 18.4 Å². The van der Waals surface area contributed by atoms with Gasteiger partial charge in [-0.2, -0.15) is 18.3 Å². The van der Waals surface area contributed by atoms with Gasteiger partial charge in [0, 0.05) is 29.4 Å². The Balaban J connectivity index is 1.69. The predicted molar refractivity (Wildman–Crippen MR) is 117 cm³/mol. The van der Waals surface area contributed by atoms with Crippen LogP contribution in [-0.2, 0) is 22.2 Å². The zero-order valence-corrected chi connectivity index (χ0v) is 18.3. The van der Waals surface area contributed by atoms with Gasteiger partial charge in [-0.25, -0.2) is 9.37 Å². The van der Waals surface area contributed by atoms with Crippen molar-refractivity contribution < 1.29 is 27.2 Å². The third kappa shape index (κ3) is 6.47. The third-order valence-corrected chi connectivity index (χ3v) is 5.07. The number of alkyl halides is 3. The lowest BCUT2D eigenvalue weighted by Gasteiger charge is -2.14. The number of aromatic nitrogens is 3. The molecule has 1 amide bonds. The second-order valence-electron chi connectivity index (χ2n) is 7.59. The van der Waals surface area contributed by atoms with E-state index < -0.39 is 30.0 Å². The molecule has 0 aliphatic carbocycles. The van der Waals surface area contributed by atoms with Crippen LogP contribution in [0.2, 0.25) is 0 Å². The second-order valence-corrected chi connectivity index (χ2v) is 7.59. The van der Waals surface area contributed by atoms with E-state index in [4.69, 9.17) is 0 Å². The van der Waals surface area contributed by atoms with Gasteiger partial charge in [-0.05, 0) is 50.3 Å². The normalized spacial score (nSPS) is 12.4. The van der Waals surface area contributed by atoms with Crippen LogP contribution < -0.4 is 10.6 Å². The fourth-order valence-corrected chi connectivity index (χ4v) is 3.39. The molecule has 0 saturated carbocycles. The summed E-state index contributed by atoms with van der Waals surface area (Å²) in [5, 5.41) is 9.73. The number of pyridine rings is 1. The number of aldehydes is 1. The van der Waals surface area contributed by atoms with Crippen molar-refractivity contribution >= 4 is 17.9 Å². The Morgan fingerprint density at radius 3 is 2.71 bits per heavy atom. The highest BCUT2D eigenvalue weighted by atomic mass is 19.4. The van der Waals surface area contributed by atoms with Gasteiger partial charge in [0.1, 0.15) is 17.8 Å². The smallest absolute Gasteiger partial charge is 0.326 e. The number of benzene rings is 1. The molecule has 0 aliphatic heterocycles. The number of hydrogen-bond donors (Lipinski definition) is 2. The lowest BCUT2D eigenvalue weighted by molar-refractivity contribution is -0.141. The molecule has 0 saturated heterocycles. The van der Waals surface area contributed by atoms with Crippen molar-refractivity contribution in [1.82, 2.24) is 20.1 Å². The summed E-state index contributed by atoms with van der Waals surface area (Å²) >= 11 is 0. The van der Waals surface area contributed by atoms with Crippen molar-refractivity contribution in [2.45, 2.75) is 31.5 Å². The van der Waals surface area contributed by atoms with E-state index in [9.17, 15) is 27.2 Å². The Labute approximate surface area is 193 Å². The summed E-state index contributed by atoms with van der Waals surface area (Å²) in [5.41, 5.74) is -0.236. The van der Waals surface area contributed by atoms with E-state index in [-0.39, 0.29) is 29.4 Å². The molecule has 3 rings (SSSR count). The number of nitrogens with one attached hydrogen (secondary N) is 2. The molecule has 11 heteroatoms. The first kappa shape index (κ1) is 25.0. The van der Waals surface area contributed by atoms with Gasteiger partial charge in [-0.3, -0.25) is 9.48 Å². The van der Waals surface area contributed by atoms with Gasteiger partial charge in [-0.1, -0.05) is 6.07 Å². The first-order valence-corrected chi connectivity index (χ1v) is 10.5. The topological polar surface area (TPSA) is 88.9 Å². The van der Waals surface area contributed by atoms with Crippen LogP contribution in [0.25, 0.3) is 11.1 Å². The minimum atomic E-state index is -4.61. The van der Waals surface area contributed by atoms with Gasteiger partial charge in [0.15, 0.2) is 0 Å². The molecule has 2 heterocycles. The number of halogens is 4. The fraction of sp³-hybridized carbons (Fsp3) is 0.304. The summed E-state index contributed by atoms with van der Waals surface area (Å²) in [4.78, 5) is 26.7. The maximum atomic E-state index is 14.8. The van der Waals surface area contributed by atoms with Crippen LogP contribution >= 0.6 is 0 Å². The molecular weight excluding hydrogens is 454 g/mol. The molecule has 7 nitrogen and oxygen atoms in total. The average molecular weight is 477 g/mol. The van der Waals surface area contributed by atoms with Gasteiger partial charge < -0.3 is 15.4 Å². The van der Waals surface area contributed by atoms with Crippen LogP contribution in [0, 0.1) is 5.82 Å². The van der Waals surface area contributed by atoms with Crippen LogP contribution in [0.1, 0.15) is 30.3 Å². The van der Waals surface area contributed by atoms with E-state index >= 15 is 0 Å². The van der Waals surface area contributed by atoms with Gasteiger partial charge >= 0.3 is 6.18 Å². The molecular formula is C23H23F4N5O2. The van der Waals surface area contributed by atoms with E-state index in [2.05, 4.69) is 20.7 Å². The Morgan fingerprint density at radius 2 is 2.03 bits per heavy atom. The maximum Gasteiger partial charge on any atom is 0.433 e. The summed E-state index contributed by atoms with van der Waals surface area (Å²) in [6.07, 6.45) is -0.104. The predicted octanol–water partition coefficient (Wildman–Crippen LogP) is 4.02. The van der Waals surface area contributed by atoms with Crippen molar-refractivity contribution in [3.8, 4) is 11.1 Å². The van der Waals surface area contributed by atoms with E-state index in [0.29, 0.717) is 18.5 Å². The molecule has 1 atom stereocenters. The number of carbonyl (C=O) groups excluding carboxylic acids is 2. The molecule has 2 aromatic heterocycles. The summed E-state index contributed by atoms with van der Waals surface area (Å²) in [5.74, 6) is -1.25. The van der Waals surface area contributed by atoms with Gasteiger partial charge in [-0.15, -0.1) is 0 Å². The fourth-order valence-electron chi connectivity index (χ4n) is 3.39. The number of anilines is 1. The average Bonchev–Trinajstić information content (AvgIpc) is 3.26. The Bertz CT molecular complexity index is 1150.